The normalized spacial score (nSPS) is 16.9. The standard InChI is InChI=1S/C11H16N2O2/c1-15-11-7-12-9(6-10(11)14)8-13-4-2-3-5-13/h6-7H,2-5,8H2,1H3,(H,12,14). The van der Waals surface area contributed by atoms with E-state index in [1.807, 2.05) is 0 Å². The van der Waals surface area contributed by atoms with E-state index in [1.165, 1.54) is 20.0 Å². The van der Waals surface area contributed by atoms with Gasteiger partial charge in [0.15, 0.2) is 5.75 Å². The number of hydrogen-bond donors (Lipinski definition) is 1. The van der Waals surface area contributed by atoms with Gasteiger partial charge in [0.25, 0.3) is 0 Å². The molecule has 1 N–H and O–H groups in total. The minimum absolute atomic E-state index is 0.0505. The van der Waals surface area contributed by atoms with Crippen molar-refractivity contribution in [2.75, 3.05) is 20.2 Å². The summed E-state index contributed by atoms with van der Waals surface area (Å²) in [5.74, 6) is 0.375. The van der Waals surface area contributed by atoms with Gasteiger partial charge in [0.05, 0.1) is 7.11 Å². The molecule has 2 rings (SSSR count). The average Bonchev–Trinajstić information content (AvgIpc) is 2.71. The zero-order chi connectivity index (χ0) is 10.7. The van der Waals surface area contributed by atoms with E-state index >= 15 is 0 Å². The number of aromatic nitrogens is 1. The summed E-state index contributed by atoms with van der Waals surface area (Å²) >= 11 is 0. The minimum Gasteiger partial charge on any atom is -0.491 e. The van der Waals surface area contributed by atoms with Gasteiger partial charge < -0.3 is 9.72 Å². The number of nitrogens with one attached hydrogen (secondary N) is 1. The molecule has 82 valence electrons. The molecular formula is C11H16N2O2. The van der Waals surface area contributed by atoms with Gasteiger partial charge in [0, 0.05) is 24.5 Å². The Morgan fingerprint density at radius 3 is 2.80 bits per heavy atom. The Morgan fingerprint density at radius 1 is 1.47 bits per heavy atom. The van der Waals surface area contributed by atoms with Gasteiger partial charge in [0.1, 0.15) is 0 Å². The molecule has 0 saturated carbocycles. The molecule has 0 spiro atoms. The van der Waals surface area contributed by atoms with Crippen LogP contribution in [-0.2, 0) is 6.54 Å². The van der Waals surface area contributed by atoms with Gasteiger partial charge in [-0.1, -0.05) is 0 Å². The maximum atomic E-state index is 11.5. The Hall–Kier alpha value is -1.29. The van der Waals surface area contributed by atoms with Crippen molar-refractivity contribution in [2.24, 2.45) is 0 Å². The lowest BCUT2D eigenvalue weighted by molar-refractivity contribution is 0.326. The molecule has 0 aliphatic carbocycles. The molecule has 0 radical (unpaired) electrons. The van der Waals surface area contributed by atoms with Crippen LogP contribution >= 0.6 is 0 Å². The van der Waals surface area contributed by atoms with Crippen LogP contribution in [0.2, 0.25) is 0 Å². The van der Waals surface area contributed by atoms with E-state index < -0.39 is 0 Å². The third-order valence-electron chi connectivity index (χ3n) is 2.75. The topological polar surface area (TPSA) is 45.3 Å². The van der Waals surface area contributed by atoms with Crippen LogP contribution in [0.25, 0.3) is 0 Å². The average molecular weight is 208 g/mol. The second-order valence-electron chi connectivity index (χ2n) is 3.87. The van der Waals surface area contributed by atoms with Gasteiger partial charge in [-0.3, -0.25) is 9.69 Å². The van der Waals surface area contributed by atoms with Crippen LogP contribution in [0.5, 0.6) is 5.75 Å². The van der Waals surface area contributed by atoms with Gasteiger partial charge in [-0.15, -0.1) is 0 Å². The lowest BCUT2D eigenvalue weighted by Crippen LogP contribution is -2.20. The van der Waals surface area contributed by atoms with E-state index in [4.69, 9.17) is 4.74 Å². The predicted molar refractivity (Wildman–Crippen MR) is 58.1 cm³/mol. The van der Waals surface area contributed by atoms with Crippen LogP contribution in [0.4, 0.5) is 0 Å². The number of hydrogen-bond acceptors (Lipinski definition) is 3. The number of rotatable bonds is 3. The first-order chi connectivity index (χ1) is 7.29. The first-order valence-electron chi connectivity index (χ1n) is 5.27. The first-order valence-corrected chi connectivity index (χ1v) is 5.27. The van der Waals surface area contributed by atoms with Crippen LogP contribution in [0, 0.1) is 0 Å². The fourth-order valence-electron chi connectivity index (χ4n) is 1.93. The summed E-state index contributed by atoms with van der Waals surface area (Å²) in [6.07, 6.45) is 4.16. The number of likely N-dealkylation sites (tertiary alicyclic amines) is 1. The van der Waals surface area contributed by atoms with E-state index in [-0.39, 0.29) is 5.43 Å². The zero-order valence-electron chi connectivity index (χ0n) is 8.95. The molecule has 0 atom stereocenters. The molecule has 1 aliphatic rings. The van der Waals surface area contributed by atoms with Crippen molar-refractivity contribution in [1.29, 1.82) is 0 Å². The number of ether oxygens (including phenoxy) is 1. The molecule has 1 aromatic rings. The van der Waals surface area contributed by atoms with Crippen LogP contribution in [0.3, 0.4) is 0 Å². The molecule has 1 aromatic heterocycles. The number of nitrogens with zero attached hydrogens (tertiary/aromatic N) is 1. The highest BCUT2D eigenvalue weighted by Gasteiger charge is 2.12. The molecule has 0 aromatic carbocycles. The Kier molecular flexibility index (Phi) is 3.06. The SMILES string of the molecule is COc1c[nH]c(CN2CCCC2)cc1=O. The molecule has 1 saturated heterocycles. The molecule has 0 amide bonds. The van der Waals surface area contributed by atoms with Crippen molar-refractivity contribution in [3.05, 3.63) is 28.2 Å². The van der Waals surface area contributed by atoms with Gasteiger partial charge in [-0.25, -0.2) is 0 Å². The number of H-pyrrole nitrogens is 1. The molecule has 0 bridgehead atoms. The molecule has 1 fully saturated rings. The Morgan fingerprint density at radius 2 is 2.20 bits per heavy atom. The third kappa shape index (κ3) is 2.39. The lowest BCUT2D eigenvalue weighted by Gasteiger charge is -2.14. The monoisotopic (exact) mass is 208 g/mol. The van der Waals surface area contributed by atoms with Gasteiger partial charge >= 0.3 is 0 Å². The summed E-state index contributed by atoms with van der Waals surface area (Å²) < 4.78 is 4.91. The van der Waals surface area contributed by atoms with Gasteiger partial charge in [0.2, 0.25) is 5.43 Å². The Labute approximate surface area is 88.9 Å². The number of methoxy groups -OCH3 is 1. The third-order valence-corrected chi connectivity index (χ3v) is 2.75. The fourth-order valence-corrected chi connectivity index (χ4v) is 1.93. The van der Waals surface area contributed by atoms with Crippen molar-refractivity contribution in [3.63, 3.8) is 0 Å². The maximum Gasteiger partial charge on any atom is 0.223 e. The molecule has 15 heavy (non-hydrogen) atoms. The highest BCUT2D eigenvalue weighted by Crippen LogP contribution is 2.11. The quantitative estimate of drug-likeness (QED) is 0.805. The van der Waals surface area contributed by atoms with Crippen molar-refractivity contribution in [3.8, 4) is 5.75 Å². The second kappa shape index (κ2) is 4.49. The summed E-state index contributed by atoms with van der Waals surface area (Å²) in [5, 5.41) is 0. The molecule has 0 unspecified atom stereocenters. The van der Waals surface area contributed by atoms with Crippen LogP contribution in [-0.4, -0.2) is 30.1 Å². The summed E-state index contributed by atoms with van der Waals surface area (Å²) in [6, 6.07) is 1.62. The minimum atomic E-state index is -0.0505. The van der Waals surface area contributed by atoms with Crippen LogP contribution < -0.4 is 10.2 Å². The predicted octanol–water partition coefficient (Wildman–Crippen LogP) is 0.979. The summed E-state index contributed by atoms with van der Waals surface area (Å²) in [6.45, 7) is 3.10. The highest BCUT2D eigenvalue weighted by atomic mass is 16.5. The Balaban J connectivity index is 2.08. The lowest BCUT2D eigenvalue weighted by atomic mass is 10.3. The van der Waals surface area contributed by atoms with Crippen molar-refractivity contribution < 1.29 is 4.74 Å². The number of aromatic amines is 1. The first kappa shape index (κ1) is 10.2. The molecular weight excluding hydrogens is 192 g/mol. The smallest absolute Gasteiger partial charge is 0.223 e. The van der Waals surface area contributed by atoms with E-state index in [1.54, 1.807) is 12.3 Å². The molecule has 1 aliphatic heterocycles. The van der Waals surface area contributed by atoms with E-state index in [0.717, 1.165) is 25.3 Å². The van der Waals surface area contributed by atoms with Crippen LogP contribution in [0.1, 0.15) is 18.5 Å². The van der Waals surface area contributed by atoms with Crippen LogP contribution in [0.15, 0.2) is 17.1 Å². The fraction of sp³-hybridized carbons (Fsp3) is 0.545. The largest absolute Gasteiger partial charge is 0.491 e. The van der Waals surface area contributed by atoms with Crippen molar-refractivity contribution in [2.45, 2.75) is 19.4 Å². The number of pyridine rings is 1. The van der Waals surface area contributed by atoms with E-state index in [0.29, 0.717) is 5.75 Å². The van der Waals surface area contributed by atoms with E-state index in [9.17, 15) is 4.79 Å². The highest BCUT2D eigenvalue weighted by molar-refractivity contribution is 5.20. The summed E-state index contributed by atoms with van der Waals surface area (Å²) in [7, 11) is 1.50. The molecule has 4 heteroatoms. The second-order valence-corrected chi connectivity index (χ2v) is 3.87. The molecule has 2 heterocycles. The zero-order valence-corrected chi connectivity index (χ0v) is 8.95. The van der Waals surface area contributed by atoms with Gasteiger partial charge in [-0.05, 0) is 25.9 Å². The van der Waals surface area contributed by atoms with E-state index in [2.05, 4.69) is 9.88 Å². The van der Waals surface area contributed by atoms with Crippen molar-refractivity contribution >= 4 is 0 Å². The Bertz CT molecular complexity index is 380. The molecule has 4 nitrogen and oxygen atoms in total. The summed E-state index contributed by atoms with van der Waals surface area (Å²) in [4.78, 5) is 16.9. The van der Waals surface area contributed by atoms with Crippen molar-refractivity contribution in [1.82, 2.24) is 9.88 Å². The summed E-state index contributed by atoms with van der Waals surface area (Å²) in [5.41, 5.74) is 0.910. The maximum absolute atomic E-state index is 11.5. The van der Waals surface area contributed by atoms with Gasteiger partial charge in [-0.2, -0.15) is 0 Å².